The molecule has 0 aliphatic carbocycles. The second kappa shape index (κ2) is 7.13. The first kappa shape index (κ1) is 17.8. The van der Waals surface area contributed by atoms with Gasteiger partial charge in [-0.3, -0.25) is 0 Å². The van der Waals surface area contributed by atoms with Crippen LogP contribution in [-0.2, 0) is 14.3 Å². The van der Waals surface area contributed by atoms with Crippen LogP contribution in [0.3, 0.4) is 0 Å². The number of aliphatic hydroxyl groups is 1. The van der Waals surface area contributed by atoms with Gasteiger partial charge in [0, 0.05) is 5.69 Å². The van der Waals surface area contributed by atoms with Gasteiger partial charge in [-0.2, -0.15) is 0 Å². The van der Waals surface area contributed by atoms with Crippen LogP contribution in [0, 0.1) is 0 Å². The third-order valence-corrected chi connectivity index (χ3v) is 2.72. The first-order valence-electron chi connectivity index (χ1n) is 6.75. The molecule has 7 heteroatoms. The van der Waals surface area contributed by atoms with E-state index in [1.807, 2.05) is 0 Å². The van der Waals surface area contributed by atoms with Crippen molar-refractivity contribution in [3.05, 3.63) is 29.8 Å². The Hall–Kier alpha value is -2.28. The van der Waals surface area contributed by atoms with Crippen molar-refractivity contribution in [1.29, 1.82) is 0 Å². The van der Waals surface area contributed by atoms with E-state index in [4.69, 9.17) is 10.5 Å². The number of nitrogens with two attached hydrogens (primary N) is 1. The van der Waals surface area contributed by atoms with Crippen molar-refractivity contribution >= 4 is 17.7 Å². The summed E-state index contributed by atoms with van der Waals surface area (Å²) in [5.41, 5.74) is 5.79. The maximum Gasteiger partial charge on any atom is 0.408 e. The van der Waals surface area contributed by atoms with Crippen LogP contribution in [0.25, 0.3) is 0 Å². The van der Waals surface area contributed by atoms with Crippen LogP contribution in [0.1, 0.15) is 32.4 Å². The van der Waals surface area contributed by atoms with E-state index in [-0.39, 0.29) is 0 Å². The molecule has 22 heavy (non-hydrogen) atoms. The van der Waals surface area contributed by atoms with Crippen molar-refractivity contribution in [2.45, 2.75) is 38.5 Å². The maximum atomic E-state index is 11.8. The minimum Gasteiger partial charge on any atom is -0.467 e. The number of nitrogens with one attached hydrogen (secondary N) is 1. The Balaban J connectivity index is 2.90. The van der Waals surface area contributed by atoms with Crippen molar-refractivity contribution in [2.24, 2.45) is 0 Å². The average molecular weight is 310 g/mol. The predicted molar refractivity (Wildman–Crippen MR) is 81.0 cm³/mol. The molecule has 1 amide bonds. The normalized spacial score (nSPS) is 13.9. The van der Waals surface area contributed by atoms with Crippen molar-refractivity contribution < 1.29 is 24.2 Å². The lowest BCUT2D eigenvalue weighted by molar-refractivity contribution is -0.146. The Morgan fingerprint density at radius 3 is 2.23 bits per heavy atom. The molecule has 0 aromatic heterocycles. The van der Waals surface area contributed by atoms with Gasteiger partial charge in [-0.15, -0.1) is 0 Å². The van der Waals surface area contributed by atoms with Crippen molar-refractivity contribution in [1.82, 2.24) is 5.32 Å². The summed E-state index contributed by atoms with van der Waals surface area (Å²) in [5, 5.41) is 12.6. The van der Waals surface area contributed by atoms with E-state index in [9.17, 15) is 14.7 Å². The van der Waals surface area contributed by atoms with E-state index in [0.717, 1.165) is 0 Å². The van der Waals surface area contributed by atoms with Gasteiger partial charge < -0.3 is 25.6 Å². The van der Waals surface area contributed by atoms with Crippen LogP contribution >= 0.6 is 0 Å². The van der Waals surface area contributed by atoms with Gasteiger partial charge in [0.25, 0.3) is 0 Å². The number of benzene rings is 1. The first-order valence-corrected chi connectivity index (χ1v) is 6.75. The fourth-order valence-electron chi connectivity index (χ4n) is 1.71. The van der Waals surface area contributed by atoms with Crippen LogP contribution < -0.4 is 11.1 Å². The second-order valence-corrected chi connectivity index (χ2v) is 5.76. The number of amides is 1. The van der Waals surface area contributed by atoms with Crippen LogP contribution in [0.4, 0.5) is 10.5 Å². The molecule has 0 aliphatic heterocycles. The van der Waals surface area contributed by atoms with Crippen molar-refractivity contribution in [3.63, 3.8) is 0 Å². The largest absolute Gasteiger partial charge is 0.467 e. The van der Waals surface area contributed by atoms with Gasteiger partial charge >= 0.3 is 12.1 Å². The summed E-state index contributed by atoms with van der Waals surface area (Å²) in [6.45, 7) is 5.07. The molecule has 4 N–H and O–H groups in total. The highest BCUT2D eigenvalue weighted by molar-refractivity contribution is 5.82. The van der Waals surface area contributed by atoms with Crippen molar-refractivity contribution in [2.75, 3.05) is 12.8 Å². The van der Waals surface area contributed by atoms with Crippen LogP contribution in [0.2, 0.25) is 0 Å². The molecular weight excluding hydrogens is 288 g/mol. The fraction of sp³-hybridized carbons (Fsp3) is 0.467. The molecule has 0 saturated carbocycles. The molecule has 0 fully saturated rings. The van der Waals surface area contributed by atoms with E-state index >= 15 is 0 Å². The highest BCUT2D eigenvalue weighted by Gasteiger charge is 2.32. The lowest BCUT2D eigenvalue weighted by Gasteiger charge is -2.25. The number of hydrogen-bond acceptors (Lipinski definition) is 6. The topological polar surface area (TPSA) is 111 Å². The maximum absolute atomic E-state index is 11.8. The smallest absolute Gasteiger partial charge is 0.408 e. The van der Waals surface area contributed by atoms with Gasteiger partial charge in [0.2, 0.25) is 0 Å². The predicted octanol–water partition coefficient (Wildman–Crippen LogP) is 1.37. The molecule has 0 spiro atoms. The third-order valence-electron chi connectivity index (χ3n) is 2.72. The molecule has 0 heterocycles. The van der Waals surface area contributed by atoms with Gasteiger partial charge in [-0.1, -0.05) is 12.1 Å². The molecular formula is C15H22N2O5. The zero-order valence-electron chi connectivity index (χ0n) is 13.1. The number of ether oxygens (including phenoxy) is 2. The fourth-order valence-corrected chi connectivity index (χ4v) is 1.71. The van der Waals surface area contributed by atoms with E-state index in [2.05, 4.69) is 10.1 Å². The number of aliphatic hydroxyl groups excluding tert-OH is 1. The number of esters is 1. The summed E-state index contributed by atoms with van der Waals surface area (Å²) in [6.07, 6.45) is -2.11. The standard InChI is InChI=1S/C15H22N2O5/c1-15(2,3)22-14(20)17-11(13(19)21-4)12(18)9-5-7-10(16)8-6-9/h5-8,11-12,18H,16H2,1-4H3,(H,17,20)/t11-,12+/m1/s1. The van der Waals surface area contributed by atoms with Gasteiger partial charge in [-0.25, -0.2) is 9.59 Å². The van der Waals surface area contributed by atoms with Crippen LogP contribution in [-0.4, -0.2) is 35.9 Å². The highest BCUT2D eigenvalue weighted by atomic mass is 16.6. The van der Waals surface area contributed by atoms with E-state index < -0.39 is 29.8 Å². The molecule has 0 aliphatic rings. The van der Waals surface area contributed by atoms with E-state index in [1.54, 1.807) is 45.0 Å². The second-order valence-electron chi connectivity index (χ2n) is 5.76. The van der Waals surface area contributed by atoms with Crippen LogP contribution in [0.15, 0.2) is 24.3 Å². The minimum absolute atomic E-state index is 0.417. The summed E-state index contributed by atoms with van der Waals surface area (Å²) >= 11 is 0. The zero-order chi connectivity index (χ0) is 16.9. The van der Waals surface area contributed by atoms with Crippen LogP contribution in [0.5, 0.6) is 0 Å². The highest BCUT2D eigenvalue weighted by Crippen LogP contribution is 2.20. The molecule has 2 atom stereocenters. The molecule has 122 valence electrons. The molecule has 1 rings (SSSR count). The number of methoxy groups -OCH3 is 1. The Morgan fingerprint density at radius 1 is 1.23 bits per heavy atom. The first-order chi connectivity index (χ1) is 10.1. The molecule has 0 bridgehead atoms. The number of carbonyl (C=O) groups is 2. The number of alkyl carbamates (subject to hydrolysis) is 1. The zero-order valence-corrected chi connectivity index (χ0v) is 13.1. The minimum atomic E-state index is -1.29. The lowest BCUT2D eigenvalue weighted by Crippen LogP contribution is -2.47. The van der Waals surface area contributed by atoms with Gasteiger partial charge in [0.1, 0.15) is 11.7 Å². The number of anilines is 1. The summed E-state index contributed by atoms with van der Waals surface area (Å²) in [7, 11) is 1.17. The quantitative estimate of drug-likeness (QED) is 0.572. The number of carbonyl (C=O) groups excluding carboxylic acids is 2. The molecule has 7 nitrogen and oxygen atoms in total. The molecule has 0 unspecified atom stereocenters. The SMILES string of the molecule is COC(=O)[C@H](NC(=O)OC(C)(C)C)[C@@H](O)c1ccc(N)cc1. The van der Waals surface area contributed by atoms with E-state index in [1.165, 1.54) is 7.11 Å². The van der Waals surface area contributed by atoms with Gasteiger partial charge in [0.15, 0.2) is 6.04 Å². The molecule has 1 aromatic rings. The number of hydrogen-bond donors (Lipinski definition) is 3. The summed E-state index contributed by atoms with van der Waals surface area (Å²) in [6, 6.07) is 5.00. The van der Waals surface area contributed by atoms with Crippen molar-refractivity contribution in [3.8, 4) is 0 Å². The average Bonchev–Trinajstić information content (AvgIpc) is 2.42. The third kappa shape index (κ3) is 5.25. The summed E-state index contributed by atoms with van der Waals surface area (Å²) < 4.78 is 9.69. The summed E-state index contributed by atoms with van der Waals surface area (Å²) in [4.78, 5) is 23.6. The van der Waals surface area contributed by atoms with E-state index in [0.29, 0.717) is 11.3 Å². The van der Waals surface area contributed by atoms with Gasteiger partial charge in [0.05, 0.1) is 7.11 Å². The summed E-state index contributed by atoms with van der Waals surface area (Å²) in [5.74, 6) is -0.782. The Bertz CT molecular complexity index is 522. The molecule has 0 radical (unpaired) electrons. The Morgan fingerprint density at radius 2 is 1.77 bits per heavy atom. The van der Waals surface area contributed by atoms with Gasteiger partial charge in [-0.05, 0) is 38.5 Å². The molecule has 1 aromatic carbocycles. The lowest BCUT2D eigenvalue weighted by atomic mass is 10.0. The molecule has 0 saturated heterocycles. The number of nitrogen functional groups attached to an aromatic ring is 1. The Labute approximate surface area is 129 Å². The monoisotopic (exact) mass is 310 g/mol. The number of rotatable bonds is 4. The Kier molecular flexibility index (Phi) is 5.76.